The number of nitrogens with zero attached hydrogens (tertiary/aromatic N) is 1. The van der Waals surface area contributed by atoms with Gasteiger partial charge in [-0.2, -0.15) is 0 Å². The van der Waals surface area contributed by atoms with E-state index < -0.39 is 23.8 Å². The molecule has 36 heavy (non-hydrogen) atoms. The number of carbonyl (C=O) groups excluding carboxylic acids is 3. The number of hydrogen-bond donors (Lipinski definition) is 2. The maximum Gasteiger partial charge on any atom is 0.335 e. The number of ether oxygens (including phenoxy) is 2. The molecule has 0 atom stereocenters. The third-order valence-electron chi connectivity index (χ3n) is 5.28. The molecule has 3 aromatic rings. The second kappa shape index (κ2) is 10.6. The molecule has 0 saturated carbocycles. The summed E-state index contributed by atoms with van der Waals surface area (Å²) < 4.78 is 11.2. The molecule has 1 fully saturated rings. The number of barbiturate groups is 1. The first-order valence-corrected chi connectivity index (χ1v) is 11.0. The van der Waals surface area contributed by atoms with Gasteiger partial charge in [0.2, 0.25) is 0 Å². The number of urea groups is 1. The molecule has 0 radical (unpaired) electrons. The van der Waals surface area contributed by atoms with Crippen LogP contribution in [0.5, 0.6) is 11.5 Å². The van der Waals surface area contributed by atoms with Gasteiger partial charge in [0.25, 0.3) is 11.8 Å². The van der Waals surface area contributed by atoms with Crippen molar-refractivity contribution in [2.75, 3.05) is 11.5 Å². The van der Waals surface area contributed by atoms with Crippen molar-refractivity contribution in [3.8, 4) is 11.5 Å². The first-order valence-electron chi connectivity index (χ1n) is 11.0. The number of amides is 4. The second-order valence-corrected chi connectivity index (χ2v) is 7.75. The zero-order chi connectivity index (χ0) is 25.7. The fraction of sp³-hybridized carbons (Fsp3) is 0.111. The smallest absolute Gasteiger partial charge is 0.335 e. The zero-order valence-corrected chi connectivity index (χ0v) is 19.3. The van der Waals surface area contributed by atoms with Gasteiger partial charge in [-0.25, -0.2) is 14.5 Å². The number of imide groups is 2. The van der Waals surface area contributed by atoms with Crippen molar-refractivity contribution in [1.29, 1.82) is 0 Å². The molecule has 0 unspecified atom stereocenters. The van der Waals surface area contributed by atoms with Gasteiger partial charge in [0, 0.05) is 0 Å². The second-order valence-electron chi connectivity index (χ2n) is 7.75. The van der Waals surface area contributed by atoms with Crippen LogP contribution < -0.4 is 19.7 Å². The highest BCUT2D eigenvalue weighted by atomic mass is 16.5. The molecule has 2 N–H and O–H groups in total. The lowest BCUT2D eigenvalue weighted by Crippen LogP contribution is -2.54. The highest BCUT2D eigenvalue weighted by Crippen LogP contribution is 2.25. The monoisotopic (exact) mass is 486 g/mol. The molecule has 0 spiro atoms. The summed E-state index contributed by atoms with van der Waals surface area (Å²) in [6.07, 6.45) is 1.39. The van der Waals surface area contributed by atoms with Gasteiger partial charge in [-0.05, 0) is 72.7 Å². The summed E-state index contributed by atoms with van der Waals surface area (Å²) in [4.78, 5) is 49.9. The molecule has 1 aliphatic rings. The van der Waals surface area contributed by atoms with Crippen LogP contribution in [0.15, 0.2) is 78.4 Å². The fourth-order valence-corrected chi connectivity index (χ4v) is 3.52. The Morgan fingerprint density at radius 2 is 1.67 bits per heavy atom. The predicted octanol–water partition coefficient (Wildman–Crippen LogP) is 4.03. The standard InChI is InChI=1S/C27H22N2O7/c1-2-35-21-12-10-20(11-13-21)29-25(31)23(24(30)28-27(29)34)15-18-4-3-5-22(14-18)36-16-17-6-8-19(9-7-17)26(32)33/h3-15H,2,16H2,1H3,(H,32,33)(H,28,30,34)/b23-15-. The molecule has 9 nitrogen and oxygen atoms in total. The Labute approximate surface area is 206 Å². The highest BCUT2D eigenvalue weighted by molar-refractivity contribution is 6.39. The summed E-state index contributed by atoms with van der Waals surface area (Å²) in [7, 11) is 0. The van der Waals surface area contributed by atoms with Crippen LogP contribution in [0.1, 0.15) is 28.4 Å². The zero-order valence-electron chi connectivity index (χ0n) is 19.3. The Balaban J connectivity index is 1.52. The lowest BCUT2D eigenvalue weighted by atomic mass is 10.1. The third kappa shape index (κ3) is 5.41. The molecule has 0 aliphatic carbocycles. The maximum atomic E-state index is 13.1. The Kier molecular flexibility index (Phi) is 7.10. The molecule has 4 amide bonds. The molecule has 9 heteroatoms. The molecular weight excluding hydrogens is 464 g/mol. The van der Waals surface area contributed by atoms with Gasteiger partial charge < -0.3 is 14.6 Å². The number of carboxylic acid groups (broad SMARTS) is 1. The van der Waals surface area contributed by atoms with E-state index in [9.17, 15) is 19.2 Å². The van der Waals surface area contributed by atoms with Crippen LogP contribution >= 0.6 is 0 Å². The summed E-state index contributed by atoms with van der Waals surface area (Å²) >= 11 is 0. The van der Waals surface area contributed by atoms with Crippen LogP contribution in [0.3, 0.4) is 0 Å². The van der Waals surface area contributed by atoms with E-state index in [1.807, 2.05) is 6.92 Å². The molecule has 1 saturated heterocycles. The van der Waals surface area contributed by atoms with Gasteiger partial charge in [-0.3, -0.25) is 14.9 Å². The number of rotatable bonds is 8. The van der Waals surface area contributed by atoms with Gasteiger partial charge in [0.15, 0.2) is 0 Å². The average molecular weight is 486 g/mol. The first-order chi connectivity index (χ1) is 17.4. The molecular formula is C27H22N2O7. The predicted molar refractivity (Wildman–Crippen MR) is 131 cm³/mol. The fourth-order valence-electron chi connectivity index (χ4n) is 3.52. The van der Waals surface area contributed by atoms with Gasteiger partial charge in [-0.15, -0.1) is 0 Å². The molecule has 182 valence electrons. The summed E-state index contributed by atoms with van der Waals surface area (Å²) in [5.41, 5.74) is 1.57. The highest BCUT2D eigenvalue weighted by Gasteiger charge is 2.36. The van der Waals surface area contributed by atoms with Crippen molar-refractivity contribution in [3.63, 3.8) is 0 Å². The minimum Gasteiger partial charge on any atom is -0.494 e. The SMILES string of the molecule is CCOc1ccc(N2C(=O)NC(=O)/C(=C/c3cccc(OCc4ccc(C(=O)O)cc4)c3)C2=O)cc1. The minimum absolute atomic E-state index is 0.181. The van der Waals surface area contributed by atoms with Gasteiger partial charge in [0.1, 0.15) is 23.7 Å². The van der Waals surface area contributed by atoms with Gasteiger partial charge >= 0.3 is 12.0 Å². The lowest BCUT2D eigenvalue weighted by Gasteiger charge is -2.26. The normalized spacial score (nSPS) is 14.5. The Morgan fingerprint density at radius 3 is 2.33 bits per heavy atom. The third-order valence-corrected chi connectivity index (χ3v) is 5.28. The van der Waals surface area contributed by atoms with E-state index >= 15 is 0 Å². The number of benzene rings is 3. The number of anilines is 1. The van der Waals surface area contributed by atoms with Gasteiger partial charge in [0.05, 0.1) is 17.9 Å². The summed E-state index contributed by atoms with van der Waals surface area (Å²) in [5, 5.41) is 11.2. The van der Waals surface area contributed by atoms with Crippen LogP contribution in [0, 0.1) is 0 Å². The quantitative estimate of drug-likeness (QED) is 0.364. The van der Waals surface area contributed by atoms with Crippen LogP contribution in [-0.4, -0.2) is 35.5 Å². The van der Waals surface area contributed by atoms with Crippen molar-refractivity contribution in [2.45, 2.75) is 13.5 Å². The van der Waals surface area contributed by atoms with Crippen molar-refractivity contribution >= 4 is 35.6 Å². The van der Waals surface area contributed by atoms with Crippen molar-refractivity contribution in [1.82, 2.24) is 5.32 Å². The molecule has 3 aromatic carbocycles. The van der Waals surface area contributed by atoms with Crippen LogP contribution in [0.4, 0.5) is 10.5 Å². The number of hydrogen-bond acceptors (Lipinski definition) is 6. The van der Waals surface area contributed by atoms with Crippen molar-refractivity contribution in [3.05, 3.63) is 95.1 Å². The van der Waals surface area contributed by atoms with Gasteiger partial charge in [-0.1, -0.05) is 24.3 Å². The molecule has 0 aromatic heterocycles. The summed E-state index contributed by atoms with van der Waals surface area (Å²) in [5.74, 6) is -1.48. The van der Waals surface area contributed by atoms with E-state index in [2.05, 4.69) is 5.32 Å². The topological polar surface area (TPSA) is 122 Å². The number of aromatic carboxylic acids is 1. The van der Waals surface area contributed by atoms with Crippen molar-refractivity contribution in [2.24, 2.45) is 0 Å². The largest absolute Gasteiger partial charge is 0.494 e. The Hall–Kier alpha value is -4.92. The number of nitrogens with one attached hydrogen (secondary N) is 1. The number of carboxylic acids is 1. The summed E-state index contributed by atoms with van der Waals surface area (Å²) in [6.45, 7) is 2.51. The van der Waals surface area contributed by atoms with E-state index in [1.165, 1.54) is 18.2 Å². The molecule has 1 aliphatic heterocycles. The molecule has 0 bridgehead atoms. The van der Waals surface area contributed by atoms with E-state index in [4.69, 9.17) is 14.6 Å². The summed E-state index contributed by atoms with van der Waals surface area (Å²) in [6, 6.07) is 18.6. The van der Waals surface area contributed by atoms with E-state index in [0.717, 1.165) is 10.5 Å². The minimum atomic E-state index is -1.01. The first kappa shape index (κ1) is 24.2. The van der Waals surface area contributed by atoms with E-state index in [1.54, 1.807) is 60.7 Å². The van der Waals surface area contributed by atoms with Crippen LogP contribution in [-0.2, 0) is 16.2 Å². The average Bonchev–Trinajstić information content (AvgIpc) is 2.87. The van der Waals surface area contributed by atoms with Crippen LogP contribution in [0.2, 0.25) is 0 Å². The molecule has 1 heterocycles. The number of carbonyl (C=O) groups is 4. The molecule has 4 rings (SSSR count). The van der Waals surface area contributed by atoms with E-state index in [-0.39, 0.29) is 17.7 Å². The van der Waals surface area contributed by atoms with Crippen LogP contribution in [0.25, 0.3) is 6.08 Å². The maximum absolute atomic E-state index is 13.1. The lowest BCUT2D eigenvalue weighted by molar-refractivity contribution is -0.122. The van der Waals surface area contributed by atoms with Crippen molar-refractivity contribution < 1.29 is 33.8 Å². The van der Waals surface area contributed by atoms with E-state index in [0.29, 0.717) is 29.4 Å². The Morgan fingerprint density at radius 1 is 0.944 bits per heavy atom. The Bertz CT molecular complexity index is 1350.